The molecule has 0 aliphatic carbocycles. The maximum Gasteiger partial charge on any atom is 0.325 e. The minimum absolute atomic E-state index is 0.0631. The third kappa shape index (κ3) is 4.45. The number of carbonyl (C=O) groups is 2. The molecule has 2 fully saturated rings. The van der Waals surface area contributed by atoms with E-state index in [-0.39, 0.29) is 17.9 Å². The third-order valence-corrected chi connectivity index (χ3v) is 7.43. The molecular weight excluding hydrogens is 412 g/mol. The summed E-state index contributed by atoms with van der Waals surface area (Å²) in [5.41, 5.74) is 0.301. The normalized spacial score (nSPS) is 22.7. The molecule has 0 spiro atoms. The van der Waals surface area contributed by atoms with Gasteiger partial charge in [-0.25, -0.2) is 9.78 Å². The van der Waals surface area contributed by atoms with Gasteiger partial charge in [-0.2, -0.15) is 0 Å². The van der Waals surface area contributed by atoms with Gasteiger partial charge in [0.2, 0.25) is 0 Å². The first kappa shape index (κ1) is 21.8. The van der Waals surface area contributed by atoms with Crippen LogP contribution in [-0.2, 0) is 17.8 Å². The Morgan fingerprint density at radius 3 is 2.58 bits per heavy atom. The van der Waals surface area contributed by atoms with E-state index >= 15 is 0 Å². The zero-order chi connectivity index (χ0) is 21.8. The molecule has 0 unspecified atom stereocenters. The molecular formula is C23H30N4O3S. The Morgan fingerprint density at radius 2 is 1.97 bits per heavy atom. The van der Waals surface area contributed by atoms with Gasteiger partial charge in [-0.05, 0) is 62.4 Å². The number of rotatable bonds is 8. The SMILES string of the molecule is CC[C@]1(C2CCN(Cc3nccs3)CC2)NC(=O)N(CCc2ccc(OC)cc2)C1=O. The maximum absolute atomic E-state index is 13.4. The van der Waals surface area contributed by atoms with Crippen LogP contribution in [0.2, 0.25) is 0 Å². The Labute approximate surface area is 187 Å². The molecule has 166 valence electrons. The van der Waals surface area contributed by atoms with Crippen molar-refractivity contribution in [3.05, 3.63) is 46.4 Å². The van der Waals surface area contributed by atoms with E-state index in [1.807, 2.05) is 42.8 Å². The summed E-state index contributed by atoms with van der Waals surface area (Å²) in [6, 6.07) is 7.49. The molecule has 1 aromatic heterocycles. The number of methoxy groups -OCH3 is 1. The number of ether oxygens (including phenoxy) is 1. The molecule has 0 saturated carbocycles. The Kier molecular flexibility index (Phi) is 6.57. The van der Waals surface area contributed by atoms with E-state index in [4.69, 9.17) is 4.74 Å². The van der Waals surface area contributed by atoms with E-state index in [0.717, 1.165) is 48.8 Å². The number of amides is 3. The van der Waals surface area contributed by atoms with E-state index in [2.05, 4.69) is 15.2 Å². The van der Waals surface area contributed by atoms with Crippen LogP contribution in [0.15, 0.2) is 35.8 Å². The zero-order valence-electron chi connectivity index (χ0n) is 18.2. The van der Waals surface area contributed by atoms with Gasteiger partial charge in [0.15, 0.2) is 0 Å². The lowest BCUT2D eigenvalue weighted by Gasteiger charge is -2.40. The largest absolute Gasteiger partial charge is 0.497 e. The van der Waals surface area contributed by atoms with Crippen molar-refractivity contribution in [2.24, 2.45) is 5.92 Å². The highest BCUT2D eigenvalue weighted by molar-refractivity contribution is 7.09. The number of piperidine rings is 1. The Hall–Kier alpha value is -2.45. The van der Waals surface area contributed by atoms with Gasteiger partial charge in [0.05, 0.1) is 13.7 Å². The summed E-state index contributed by atoms with van der Waals surface area (Å²) in [5.74, 6) is 0.893. The molecule has 0 radical (unpaired) electrons. The van der Waals surface area contributed by atoms with Gasteiger partial charge in [-0.3, -0.25) is 14.6 Å². The van der Waals surface area contributed by atoms with Crippen molar-refractivity contribution < 1.29 is 14.3 Å². The number of hydrogen-bond acceptors (Lipinski definition) is 6. The predicted molar refractivity (Wildman–Crippen MR) is 120 cm³/mol. The molecule has 3 heterocycles. The number of nitrogens with zero attached hydrogens (tertiary/aromatic N) is 3. The fourth-order valence-corrected chi connectivity index (χ4v) is 5.45. The molecule has 4 rings (SSSR count). The second kappa shape index (κ2) is 9.36. The molecule has 8 heteroatoms. The summed E-state index contributed by atoms with van der Waals surface area (Å²) in [6.07, 6.45) is 4.89. The number of benzene rings is 1. The highest BCUT2D eigenvalue weighted by atomic mass is 32.1. The Morgan fingerprint density at radius 1 is 1.23 bits per heavy atom. The van der Waals surface area contributed by atoms with Crippen molar-refractivity contribution >= 4 is 23.3 Å². The predicted octanol–water partition coefficient (Wildman–Crippen LogP) is 3.31. The molecule has 7 nitrogen and oxygen atoms in total. The van der Waals surface area contributed by atoms with E-state index in [9.17, 15) is 9.59 Å². The summed E-state index contributed by atoms with van der Waals surface area (Å²) in [6.45, 7) is 5.09. The first-order chi connectivity index (χ1) is 15.1. The number of nitrogens with one attached hydrogen (secondary N) is 1. The van der Waals surface area contributed by atoms with Gasteiger partial charge in [-0.1, -0.05) is 19.1 Å². The molecule has 2 aliphatic rings. The topological polar surface area (TPSA) is 74.8 Å². The Balaban J connectivity index is 1.37. The Bertz CT molecular complexity index is 894. The van der Waals surface area contributed by atoms with Crippen molar-refractivity contribution in [2.75, 3.05) is 26.7 Å². The molecule has 0 bridgehead atoms. The van der Waals surface area contributed by atoms with Gasteiger partial charge in [0.25, 0.3) is 5.91 Å². The summed E-state index contributed by atoms with van der Waals surface area (Å²) in [5, 5.41) is 6.22. The fraction of sp³-hybridized carbons (Fsp3) is 0.522. The van der Waals surface area contributed by atoms with Crippen molar-refractivity contribution in [2.45, 2.75) is 44.7 Å². The van der Waals surface area contributed by atoms with Crippen LogP contribution in [0.25, 0.3) is 0 Å². The number of likely N-dealkylation sites (tertiary alicyclic amines) is 1. The molecule has 1 N–H and O–H groups in total. The van der Waals surface area contributed by atoms with Crippen LogP contribution in [0.1, 0.15) is 36.8 Å². The molecule has 2 aromatic rings. The summed E-state index contributed by atoms with van der Waals surface area (Å²) >= 11 is 1.68. The zero-order valence-corrected chi connectivity index (χ0v) is 19.0. The van der Waals surface area contributed by atoms with Crippen LogP contribution in [0, 0.1) is 5.92 Å². The first-order valence-electron chi connectivity index (χ1n) is 10.9. The fourth-order valence-electron chi connectivity index (χ4n) is 4.79. The maximum atomic E-state index is 13.4. The van der Waals surface area contributed by atoms with E-state index in [1.165, 1.54) is 4.90 Å². The number of urea groups is 1. The second-order valence-corrected chi connectivity index (χ2v) is 9.27. The monoisotopic (exact) mass is 442 g/mol. The van der Waals surface area contributed by atoms with E-state index in [1.54, 1.807) is 18.4 Å². The average molecular weight is 443 g/mol. The highest BCUT2D eigenvalue weighted by Gasteiger charge is 2.54. The van der Waals surface area contributed by atoms with Crippen LogP contribution < -0.4 is 10.1 Å². The molecule has 2 aliphatic heterocycles. The smallest absolute Gasteiger partial charge is 0.325 e. The van der Waals surface area contributed by atoms with Gasteiger partial charge < -0.3 is 10.1 Å². The number of imide groups is 1. The van der Waals surface area contributed by atoms with E-state index < -0.39 is 5.54 Å². The highest BCUT2D eigenvalue weighted by Crippen LogP contribution is 2.36. The van der Waals surface area contributed by atoms with Crippen molar-refractivity contribution in [1.82, 2.24) is 20.1 Å². The average Bonchev–Trinajstić information content (AvgIpc) is 3.39. The van der Waals surface area contributed by atoms with Crippen LogP contribution >= 0.6 is 11.3 Å². The lowest BCUT2D eigenvalue weighted by molar-refractivity contribution is -0.134. The summed E-state index contributed by atoms with van der Waals surface area (Å²) in [4.78, 5) is 34.4. The van der Waals surface area contributed by atoms with Gasteiger partial charge in [-0.15, -0.1) is 11.3 Å². The van der Waals surface area contributed by atoms with Crippen molar-refractivity contribution in [3.8, 4) is 5.75 Å². The van der Waals surface area contributed by atoms with Crippen molar-refractivity contribution in [1.29, 1.82) is 0 Å². The number of hydrogen-bond donors (Lipinski definition) is 1. The molecule has 1 atom stereocenters. The quantitative estimate of drug-likeness (QED) is 0.635. The standard InChI is InChI=1S/C23H30N4O3S/c1-3-23(18-9-12-26(13-10-18)16-20-24-11-15-31-20)21(28)27(22(29)25-23)14-8-17-4-6-19(30-2)7-5-17/h4-7,11,15,18H,3,8-10,12-14,16H2,1-2H3,(H,25,29)/t23-/m1/s1. The minimum atomic E-state index is -0.774. The van der Waals surface area contributed by atoms with Crippen LogP contribution in [0.5, 0.6) is 5.75 Å². The molecule has 1 aromatic carbocycles. The van der Waals surface area contributed by atoms with Gasteiger partial charge >= 0.3 is 6.03 Å². The van der Waals surface area contributed by atoms with Crippen LogP contribution in [0.4, 0.5) is 4.79 Å². The molecule has 3 amide bonds. The van der Waals surface area contributed by atoms with Crippen LogP contribution in [-0.4, -0.2) is 59.0 Å². The first-order valence-corrected chi connectivity index (χ1v) is 11.8. The van der Waals surface area contributed by atoms with Crippen molar-refractivity contribution in [3.63, 3.8) is 0 Å². The van der Waals surface area contributed by atoms with Crippen LogP contribution in [0.3, 0.4) is 0 Å². The third-order valence-electron chi connectivity index (χ3n) is 6.67. The minimum Gasteiger partial charge on any atom is -0.497 e. The lowest BCUT2D eigenvalue weighted by Crippen LogP contribution is -2.55. The van der Waals surface area contributed by atoms with Gasteiger partial charge in [0.1, 0.15) is 16.3 Å². The summed E-state index contributed by atoms with van der Waals surface area (Å²) in [7, 11) is 1.64. The molecule has 2 saturated heterocycles. The number of aromatic nitrogens is 1. The number of thiazole rings is 1. The van der Waals surface area contributed by atoms with E-state index in [0.29, 0.717) is 19.4 Å². The summed E-state index contributed by atoms with van der Waals surface area (Å²) < 4.78 is 5.19. The number of carbonyl (C=O) groups excluding carboxylic acids is 2. The lowest BCUT2D eigenvalue weighted by atomic mass is 9.75. The molecule has 31 heavy (non-hydrogen) atoms. The van der Waals surface area contributed by atoms with Gasteiger partial charge in [0, 0.05) is 18.1 Å². The second-order valence-electron chi connectivity index (χ2n) is 8.29.